The maximum atomic E-state index is 14.0. The second-order valence-electron chi connectivity index (χ2n) is 7.49. The van der Waals surface area contributed by atoms with Crippen molar-refractivity contribution in [1.29, 1.82) is 0 Å². The molecule has 0 unspecified atom stereocenters. The number of piperidine rings is 1. The molecule has 1 aromatic carbocycles. The van der Waals surface area contributed by atoms with Gasteiger partial charge in [0.2, 0.25) is 0 Å². The molecule has 4 rings (SSSR count). The third-order valence-electron chi connectivity index (χ3n) is 5.75. The number of halogens is 2. The first-order chi connectivity index (χ1) is 13.2. The van der Waals surface area contributed by atoms with Crippen LogP contribution < -0.4 is 4.90 Å². The lowest BCUT2D eigenvalue weighted by Crippen LogP contribution is -2.55. The average Bonchev–Trinajstić information content (AvgIpc) is 3.12. The fraction of sp³-hybridized carbons (Fsp3) is 0.550. The monoisotopic (exact) mass is 391 g/mol. The molecular weight excluding hydrogens is 365 g/mol. The molecule has 0 saturated carbocycles. The van der Waals surface area contributed by atoms with Gasteiger partial charge in [-0.2, -0.15) is 5.10 Å². The smallest absolute Gasteiger partial charge is 0.146 e. The van der Waals surface area contributed by atoms with E-state index in [2.05, 4.69) is 19.8 Å². The van der Waals surface area contributed by atoms with Crippen molar-refractivity contribution in [3.63, 3.8) is 0 Å². The summed E-state index contributed by atoms with van der Waals surface area (Å²) in [6.45, 7) is 7.93. The number of rotatable bonds is 5. The van der Waals surface area contributed by atoms with Crippen LogP contribution in [0.25, 0.3) is 0 Å². The highest BCUT2D eigenvalue weighted by molar-refractivity contribution is 6.30. The van der Waals surface area contributed by atoms with Gasteiger partial charge in [-0.25, -0.2) is 4.39 Å². The van der Waals surface area contributed by atoms with Crippen LogP contribution in [0.1, 0.15) is 12.8 Å². The molecule has 0 aliphatic carbocycles. The van der Waals surface area contributed by atoms with Gasteiger partial charge in [0.25, 0.3) is 0 Å². The number of anilines is 1. The largest absolute Gasteiger partial charge is 0.367 e. The molecule has 2 saturated heterocycles. The van der Waals surface area contributed by atoms with Crippen LogP contribution in [-0.4, -0.2) is 71.4 Å². The molecule has 1 aromatic heterocycles. The Morgan fingerprint density at radius 2 is 1.89 bits per heavy atom. The summed E-state index contributed by atoms with van der Waals surface area (Å²) in [5, 5.41) is 4.96. The molecule has 146 valence electrons. The van der Waals surface area contributed by atoms with Crippen LogP contribution in [0.15, 0.2) is 36.7 Å². The normalized spacial score (nSPS) is 22.3. The standard InChI is InChI=1S/C20H27ClFN5/c21-17-14-23-27(15-17)13-8-24-7-3-4-18(16-24)25-9-11-26(12-10-25)20-6-2-1-5-19(20)22/h1-2,5-6,14-15,18H,3-4,7-13,16H2/t18-/m1/s1. The first-order valence-electron chi connectivity index (χ1n) is 9.83. The van der Waals surface area contributed by atoms with Crippen molar-refractivity contribution in [2.45, 2.75) is 25.4 Å². The Hall–Kier alpha value is -1.63. The Morgan fingerprint density at radius 1 is 1.07 bits per heavy atom. The fourth-order valence-electron chi connectivity index (χ4n) is 4.27. The number of hydrogen-bond donors (Lipinski definition) is 0. The molecule has 2 fully saturated rings. The van der Waals surface area contributed by atoms with Gasteiger partial charge in [0.1, 0.15) is 5.82 Å². The van der Waals surface area contributed by atoms with E-state index in [0.717, 1.165) is 58.0 Å². The van der Waals surface area contributed by atoms with Crippen molar-refractivity contribution in [3.8, 4) is 0 Å². The summed E-state index contributed by atoms with van der Waals surface area (Å²) in [5.74, 6) is -0.117. The minimum atomic E-state index is -0.117. The van der Waals surface area contributed by atoms with Crippen molar-refractivity contribution < 1.29 is 4.39 Å². The highest BCUT2D eigenvalue weighted by Crippen LogP contribution is 2.23. The Morgan fingerprint density at radius 3 is 2.63 bits per heavy atom. The van der Waals surface area contributed by atoms with E-state index < -0.39 is 0 Å². The molecule has 2 aromatic rings. The Bertz CT molecular complexity index is 743. The molecule has 5 nitrogen and oxygen atoms in total. The molecule has 7 heteroatoms. The molecule has 2 aliphatic heterocycles. The number of aromatic nitrogens is 2. The number of likely N-dealkylation sites (tertiary alicyclic amines) is 1. The van der Waals surface area contributed by atoms with Crippen molar-refractivity contribution in [2.75, 3.05) is 50.7 Å². The summed E-state index contributed by atoms with van der Waals surface area (Å²) < 4.78 is 15.9. The van der Waals surface area contributed by atoms with E-state index in [-0.39, 0.29) is 5.82 Å². The predicted octanol–water partition coefficient (Wildman–Crippen LogP) is 2.96. The third kappa shape index (κ3) is 4.62. The van der Waals surface area contributed by atoms with E-state index in [9.17, 15) is 4.39 Å². The van der Waals surface area contributed by atoms with Gasteiger partial charge in [0, 0.05) is 51.5 Å². The minimum Gasteiger partial charge on any atom is -0.367 e. The molecule has 0 spiro atoms. The van der Waals surface area contributed by atoms with Crippen LogP contribution >= 0.6 is 11.6 Å². The van der Waals surface area contributed by atoms with Gasteiger partial charge in [0.05, 0.1) is 23.5 Å². The highest BCUT2D eigenvalue weighted by atomic mass is 35.5. The Labute approximate surface area is 165 Å². The van der Waals surface area contributed by atoms with Crippen molar-refractivity contribution in [1.82, 2.24) is 19.6 Å². The van der Waals surface area contributed by atoms with Crippen LogP contribution in [-0.2, 0) is 6.54 Å². The topological polar surface area (TPSA) is 27.5 Å². The zero-order valence-corrected chi connectivity index (χ0v) is 16.4. The molecule has 3 heterocycles. The van der Waals surface area contributed by atoms with Gasteiger partial charge in [-0.1, -0.05) is 23.7 Å². The first-order valence-corrected chi connectivity index (χ1v) is 10.2. The quantitative estimate of drug-likeness (QED) is 0.783. The van der Waals surface area contributed by atoms with Gasteiger partial charge < -0.3 is 4.90 Å². The summed E-state index contributed by atoms with van der Waals surface area (Å²) in [7, 11) is 0. The number of piperazine rings is 1. The van der Waals surface area contributed by atoms with E-state index in [4.69, 9.17) is 11.6 Å². The van der Waals surface area contributed by atoms with Crippen LogP contribution in [0.3, 0.4) is 0 Å². The highest BCUT2D eigenvalue weighted by Gasteiger charge is 2.28. The molecule has 0 bridgehead atoms. The summed E-state index contributed by atoms with van der Waals surface area (Å²) in [6.07, 6.45) is 6.06. The van der Waals surface area contributed by atoms with Gasteiger partial charge >= 0.3 is 0 Å². The maximum absolute atomic E-state index is 14.0. The molecule has 27 heavy (non-hydrogen) atoms. The Kier molecular flexibility index (Phi) is 5.95. The number of para-hydroxylation sites is 1. The fourth-order valence-corrected chi connectivity index (χ4v) is 4.43. The number of hydrogen-bond acceptors (Lipinski definition) is 4. The summed E-state index contributed by atoms with van der Waals surface area (Å²) >= 11 is 5.94. The van der Waals surface area contributed by atoms with Gasteiger partial charge in [-0.15, -0.1) is 0 Å². The second-order valence-corrected chi connectivity index (χ2v) is 7.93. The Balaban J connectivity index is 1.27. The van der Waals surface area contributed by atoms with E-state index >= 15 is 0 Å². The first kappa shape index (κ1) is 18.7. The van der Waals surface area contributed by atoms with Crippen LogP contribution in [0.2, 0.25) is 5.02 Å². The molecule has 0 amide bonds. The zero-order chi connectivity index (χ0) is 18.6. The van der Waals surface area contributed by atoms with Crippen LogP contribution in [0, 0.1) is 5.82 Å². The second kappa shape index (κ2) is 8.59. The van der Waals surface area contributed by atoms with E-state index in [1.54, 1.807) is 18.3 Å². The molecule has 0 radical (unpaired) electrons. The third-order valence-corrected chi connectivity index (χ3v) is 5.95. The van der Waals surface area contributed by atoms with E-state index in [1.165, 1.54) is 12.8 Å². The average molecular weight is 392 g/mol. The van der Waals surface area contributed by atoms with Crippen LogP contribution in [0.4, 0.5) is 10.1 Å². The molecular formula is C20H27ClFN5. The SMILES string of the molecule is Fc1ccccc1N1CCN([C@@H]2CCCN(CCn3cc(Cl)cn3)C2)CC1. The van der Waals surface area contributed by atoms with Crippen LogP contribution in [0.5, 0.6) is 0 Å². The van der Waals surface area contributed by atoms with Crippen molar-refractivity contribution >= 4 is 17.3 Å². The van der Waals surface area contributed by atoms with Gasteiger partial charge in [0.15, 0.2) is 0 Å². The summed E-state index contributed by atoms with van der Waals surface area (Å²) in [4.78, 5) is 7.30. The summed E-state index contributed by atoms with van der Waals surface area (Å²) in [6, 6.07) is 7.70. The predicted molar refractivity (Wildman–Crippen MR) is 107 cm³/mol. The lowest BCUT2D eigenvalue weighted by molar-refractivity contribution is 0.0900. The zero-order valence-electron chi connectivity index (χ0n) is 15.6. The molecule has 2 aliphatic rings. The van der Waals surface area contributed by atoms with Gasteiger partial charge in [-0.05, 0) is 31.5 Å². The molecule has 0 N–H and O–H groups in total. The van der Waals surface area contributed by atoms with Crippen molar-refractivity contribution in [3.05, 3.63) is 47.5 Å². The minimum absolute atomic E-state index is 0.117. The van der Waals surface area contributed by atoms with E-state index in [1.807, 2.05) is 23.0 Å². The van der Waals surface area contributed by atoms with Gasteiger partial charge in [-0.3, -0.25) is 14.5 Å². The number of benzene rings is 1. The summed E-state index contributed by atoms with van der Waals surface area (Å²) in [5.41, 5.74) is 0.736. The van der Waals surface area contributed by atoms with Crippen molar-refractivity contribution in [2.24, 2.45) is 0 Å². The number of nitrogens with zero attached hydrogens (tertiary/aromatic N) is 5. The molecule has 1 atom stereocenters. The van der Waals surface area contributed by atoms with E-state index in [0.29, 0.717) is 11.1 Å². The maximum Gasteiger partial charge on any atom is 0.146 e. The lowest BCUT2D eigenvalue weighted by atomic mass is 10.0. The lowest BCUT2D eigenvalue weighted by Gasteiger charge is -2.44.